The highest BCUT2D eigenvalue weighted by Crippen LogP contribution is 2.42. The molecule has 0 amide bonds. The van der Waals surface area contributed by atoms with Crippen LogP contribution in [-0.4, -0.2) is 24.3 Å². The van der Waals surface area contributed by atoms with E-state index in [-0.39, 0.29) is 17.8 Å². The van der Waals surface area contributed by atoms with Crippen LogP contribution in [0, 0.1) is 5.92 Å². The summed E-state index contributed by atoms with van der Waals surface area (Å²) in [6, 6.07) is 20.8. The van der Waals surface area contributed by atoms with Crippen molar-refractivity contribution in [1.82, 2.24) is 0 Å². The standard InChI is InChI=1S/C30H36O3/c1-23(24-13-8-5-9-14-24)29(31)22-21-28-26(17-7-3-4-12-18-30(32)33-2)19-20-27(28)25-15-10-6-11-16-25/h3,5-11,13-16,19,21-23,27-29,31H,4,12,17-18,20H2,1-2H3/b7-3-,22-21+/t23?,27?,28-,29?/m0/s1. The van der Waals surface area contributed by atoms with E-state index in [0.29, 0.717) is 12.3 Å². The maximum Gasteiger partial charge on any atom is 0.305 e. The van der Waals surface area contributed by atoms with Crippen molar-refractivity contribution in [3.8, 4) is 0 Å². The van der Waals surface area contributed by atoms with Gasteiger partial charge in [-0.05, 0) is 42.7 Å². The maximum absolute atomic E-state index is 11.2. The average Bonchev–Trinajstić information content (AvgIpc) is 3.27. The number of hydrogen-bond acceptors (Lipinski definition) is 3. The van der Waals surface area contributed by atoms with Crippen LogP contribution in [0.25, 0.3) is 0 Å². The van der Waals surface area contributed by atoms with E-state index in [9.17, 15) is 9.90 Å². The third-order valence-electron chi connectivity index (χ3n) is 6.58. The van der Waals surface area contributed by atoms with Gasteiger partial charge in [0.2, 0.25) is 0 Å². The van der Waals surface area contributed by atoms with E-state index in [1.165, 1.54) is 18.2 Å². The van der Waals surface area contributed by atoms with Crippen molar-refractivity contribution in [1.29, 1.82) is 0 Å². The van der Waals surface area contributed by atoms with Gasteiger partial charge in [0.15, 0.2) is 0 Å². The zero-order valence-electron chi connectivity index (χ0n) is 19.8. The molecule has 0 bridgehead atoms. The van der Waals surface area contributed by atoms with Crippen molar-refractivity contribution in [2.45, 2.75) is 57.0 Å². The number of aliphatic hydroxyl groups excluding tert-OH is 1. The van der Waals surface area contributed by atoms with E-state index in [2.05, 4.69) is 73.7 Å². The van der Waals surface area contributed by atoms with Crippen molar-refractivity contribution >= 4 is 5.97 Å². The molecular weight excluding hydrogens is 408 g/mol. The van der Waals surface area contributed by atoms with Gasteiger partial charge in [-0.3, -0.25) is 4.79 Å². The van der Waals surface area contributed by atoms with Crippen LogP contribution in [-0.2, 0) is 9.53 Å². The fraction of sp³-hybridized carbons (Fsp3) is 0.367. The molecule has 2 aromatic rings. The second-order valence-electron chi connectivity index (χ2n) is 8.78. The Labute approximate surface area is 198 Å². The molecule has 3 heteroatoms. The lowest BCUT2D eigenvalue weighted by Gasteiger charge is -2.22. The number of rotatable bonds is 11. The predicted molar refractivity (Wildman–Crippen MR) is 135 cm³/mol. The second kappa shape index (κ2) is 13.0. The number of benzene rings is 2. The van der Waals surface area contributed by atoms with Crippen LogP contribution in [0.2, 0.25) is 0 Å². The highest BCUT2D eigenvalue weighted by atomic mass is 16.5. The lowest BCUT2D eigenvalue weighted by Crippen LogP contribution is -2.14. The van der Waals surface area contributed by atoms with Gasteiger partial charge in [0, 0.05) is 18.3 Å². The monoisotopic (exact) mass is 444 g/mol. The average molecular weight is 445 g/mol. The van der Waals surface area contributed by atoms with E-state index in [4.69, 9.17) is 4.74 Å². The Morgan fingerprint density at radius 3 is 2.48 bits per heavy atom. The summed E-state index contributed by atoms with van der Waals surface area (Å²) in [5.74, 6) is 0.552. The summed E-state index contributed by atoms with van der Waals surface area (Å²) in [6.07, 6.45) is 14.4. The number of esters is 1. The van der Waals surface area contributed by atoms with Crippen LogP contribution in [0.1, 0.15) is 62.0 Å². The smallest absolute Gasteiger partial charge is 0.305 e. The minimum atomic E-state index is -0.528. The van der Waals surface area contributed by atoms with Crippen LogP contribution in [0.3, 0.4) is 0 Å². The number of unbranched alkanes of at least 4 members (excludes halogenated alkanes) is 1. The molecule has 1 N–H and O–H groups in total. The van der Waals surface area contributed by atoms with E-state index in [1.807, 2.05) is 24.3 Å². The first-order valence-corrected chi connectivity index (χ1v) is 12.0. The molecule has 1 aliphatic rings. The number of methoxy groups -OCH3 is 1. The van der Waals surface area contributed by atoms with Crippen LogP contribution in [0.5, 0.6) is 0 Å². The second-order valence-corrected chi connectivity index (χ2v) is 8.78. The lowest BCUT2D eigenvalue weighted by atomic mass is 9.83. The van der Waals surface area contributed by atoms with E-state index in [1.54, 1.807) is 0 Å². The van der Waals surface area contributed by atoms with Gasteiger partial charge in [-0.25, -0.2) is 0 Å². The van der Waals surface area contributed by atoms with Gasteiger partial charge in [-0.2, -0.15) is 0 Å². The molecular formula is C30H36O3. The SMILES string of the molecule is COC(=O)CCC/C=C\CC1=CCC(c2ccccc2)[C@H]1/C=C/C(O)C(C)c1ccccc1. The van der Waals surface area contributed by atoms with Crippen LogP contribution >= 0.6 is 0 Å². The maximum atomic E-state index is 11.2. The normalized spacial score (nSPS) is 20.2. The van der Waals surface area contributed by atoms with E-state index >= 15 is 0 Å². The third kappa shape index (κ3) is 7.30. The quantitative estimate of drug-likeness (QED) is 0.237. The minimum Gasteiger partial charge on any atom is -0.469 e. The first-order valence-electron chi connectivity index (χ1n) is 12.0. The molecule has 2 aromatic carbocycles. The summed E-state index contributed by atoms with van der Waals surface area (Å²) in [7, 11) is 1.43. The van der Waals surface area contributed by atoms with E-state index < -0.39 is 6.10 Å². The summed E-state index contributed by atoms with van der Waals surface area (Å²) < 4.78 is 4.70. The Bertz CT molecular complexity index is 943. The topological polar surface area (TPSA) is 46.5 Å². The summed E-state index contributed by atoms with van der Waals surface area (Å²) in [6.45, 7) is 2.07. The highest BCUT2D eigenvalue weighted by molar-refractivity contribution is 5.69. The van der Waals surface area contributed by atoms with Crippen molar-refractivity contribution in [3.63, 3.8) is 0 Å². The number of allylic oxidation sites excluding steroid dienone is 5. The van der Waals surface area contributed by atoms with Gasteiger partial charge >= 0.3 is 5.97 Å². The molecule has 0 fully saturated rings. The predicted octanol–water partition coefficient (Wildman–Crippen LogP) is 6.73. The van der Waals surface area contributed by atoms with Crippen molar-refractivity contribution in [2.75, 3.05) is 7.11 Å². The molecule has 3 unspecified atom stereocenters. The lowest BCUT2D eigenvalue weighted by molar-refractivity contribution is -0.140. The van der Waals surface area contributed by atoms with Crippen LogP contribution in [0.4, 0.5) is 0 Å². The number of aliphatic hydroxyl groups is 1. The summed E-state index contributed by atoms with van der Waals surface area (Å²) in [4.78, 5) is 11.2. The first-order chi connectivity index (χ1) is 16.1. The zero-order chi connectivity index (χ0) is 23.5. The van der Waals surface area contributed by atoms with Crippen LogP contribution in [0.15, 0.2) is 96.6 Å². The van der Waals surface area contributed by atoms with Crippen molar-refractivity contribution < 1.29 is 14.6 Å². The fourth-order valence-electron chi connectivity index (χ4n) is 4.50. The summed E-state index contributed by atoms with van der Waals surface area (Å²) in [5.41, 5.74) is 3.88. The minimum absolute atomic E-state index is 0.0427. The molecule has 0 saturated heterocycles. The molecule has 4 atom stereocenters. The Morgan fingerprint density at radius 1 is 1.09 bits per heavy atom. The van der Waals surface area contributed by atoms with Gasteiger partial charge in [-0.1, -0.05) is 104 Å². The number of ether oxygens (including phenoxy) is 1. The molecule has 0 radical (unpaired) electrons. The van der Waals surface area contributed by atoms with Gasteiger partial charge in [0.25, 0.3) is 0 Å². The largest absolute Gasteiger partial charge is 0.469 e. The summed E-state index contributed by atoms with van der Waals surface area (Å²) in [5, 5.41) is 10.9. The van der Waals surface area contributed by atoms with Gasteiger partial charge in [0.05, 0.1) is 13.2 Å². The highest BCUT2D eigenvalue weighted by Gasteiger charge is 2.28. The fourth-order valence-corrected chi connectivity index (χ4v) is 4.50. The van der Waals surface area contributed by atoms with Crippen molar-refractivity contribution in [3.05, 3.63) is 108 Å². The van der Waals surface area contributed by atoms with Gasteiger partial charge in [-0.15, -0.1) is 0 Å². The van der Waals surface area contributed by atoms with Gasteiger partial charge < -0.3 is 9.84 Å². The zero-order valence-corrected chi connectivity index (χ0v) is 19.8. The molecule has 0 saturated carbocycles. The Morgan fingerprint density at radius 2 is 1.79 bits per heavy atom. The molecule has 0 aliphatic heterocycles. The Balaban J connectivity index is 1.66. The molecule has 1 aliphatic carbocycles. The molecule has 33 heavy (non-hydrogen) atoms. The summed E-state index contributed by atoms with van der Waals surface area (Å²) >= 11 is 0. The molecule has 3 rings (SSSR count). The Kier molecular flexibility index (Phi) is 9.71. The van der Waals surface area contributed by atoms with Crippen LogP contribution < -0.4 is 0 Å². The van der Waals surface area contributed by atoms with Gasteiger partial charge in [0.1, 0.15) is 0 Å². The molecule has 0 aromatic heterocycles. The van der Waals surface area contributed by atoms with E-state index in [0.717, 1.165) is 31.2 Å². The Hall–Kier alpha value is -2.91. The molecule has 0 spiro atoms. The number of hydrogen-bond donors (Lipinski definition) is 1. The van der Waals surface area contributed by atoms with Crippen molar-refractivity contribution in [2.24, 2.45) is 5.92 Å². The molecule has 0 heterocycles. The third-order valence-corrected chi connectivity index (χ3v) is 6.58. The molecule has 3 nitrogen and oxygen atoms in total. The number of carbonyl (C=O) groups is 1. The number of carbonyl (C=O) groups excluding carboxylic acids is 1. The molecule has 174 valence electrons. The first kappa shape index (κ1) is 24.7.